The van der Waals surface area contributed by atoms with Gasteiger partial charge in [0.05, 0.1) is 16.6 Å². The quantitative estimate of drug-likeness (QED) is 0.513. The van der Waals surface area contributed by atoms with Crippen LogP contribution in [0.15, 0.2) is 71.6 Å². The highest BCUT2D eigenvalue weighted by Gasteiger charge is 2.28. The molecule has 3 aromatic carbocycles. The lowest BCUT2D eigenvalue weighted by molar-refractivity contribution is -0.120. The van der Waals surface area contributed by atoms with Gasteiger partial charge in [-0.3, -0.25) is 9.10 Å². The average molecular weight is 475 g/mol. The summed E-state index contributed by atoms with van der Waals surface area (Å²) < 4.78 is 41.1. The van der Waals surface area contributed by atoms with Crippen LogP contribution in [0.4, 0.5) is 10.1 Å². The monoisotopic (exact) mass is 474 g/mol. The van der Waals surface area contributed by atoms with Crippen LogP contribution >= 0.6 is 11.6 Å². The minimum absolute atomic E-state index is 0.0273. The van der Waals surface area contributed by atoms with Crippen molar-refractivity contribution < 1.29 is 17.6 Å². The molecule has 0 radical (unpaired) electrons. The maximum atomic E-state index is 13.4. The van der Waals surface area contributed by atoms with Gasteiger partial charge in [0.2, 0.25) is 5.91 Å². The van der Waals surface area contributed by atoms with Gasteiger partial charge in [-0.05, 0) is 86.0 Å². The number of rotatable bonds is 7. The molecule has 0 saturated heterocycles. The maximum Gasteiger partial charge on any atom is 0.264 e. The third-order valence-electron chi connectivity index (χ3n) is 5.21. The summed E-state index contributed by atoms with van der Waals surface area (Å²) in [7, 11) is -4.04. The van der Waals surface area contributed by atoms with Crippen LogP contribution in [0.1, 0.15) is 29.7 Å². The Balaban J connectivity index is 1.91. The molecule has 3 aromatic rings. The summed E-state index contributed by atoms with van der Waals surface area (Å²) >= 11 is 5.91. The molecule has 0 aliphatic carbocycles. The number of anilines is 1. The zero-order valence-corrected chi connectivity index (χ0v) is 19.5. The van der Waals surface area contributed by atoms with Crippen LogP contribution in [-0.4, -0.2) is 20.9 Å². The Morgan fingerprint density at radius 2 is 1.62 bits per heavy atom. The van der Waals surface area contributed by atoms with Gasteiger partial charge in [-0.1, -0.05) is 29.8 Å². The third-order valence-corrected chi connectivity index (χ3v) is 7.25. The Morgan fingerprint density at radius 3 is 2.22 bits per heavy atom. The minimum Gasteiger partial charge on any atom is -0.348 e. The molecule has 0 aliphatic rings. The van der Waals surface area contributed by atoms with Crippen LogP contribution in [-0.2, 0) is 14.8 Å². The molecule has 0 unspecified atom stereocenters. The first-order chi connectivity index (χ1) is 15.1. The van der Waals surface area contributed by atoms with Gasteiger partial charge in [-0.15, -0.1) is 0 Å². The lowest BCUT2D eigenvalue weighted by atomic mass is 10.1. The number of nitrogens with one attached hydrogen (secondary N) is 1. The maximum absolute atomic E-state index is 13.4. The van der Waals surface area contributed by atoms with Gasteiger partial charge in [0, 0.05) is 5.02 Å². The van der Waals surface area contributed by atoms with Gasteiger partial charge < -0.3 is 5.32 Å². The normalized spacial score (nSPS) is 12.3. The van der Waals surface area contributed by atoms with Gasteiger partial charge in [0.15, 0.2) is 0 Å². The summed E-state index contributed by atoms with van der Waals surface area (Å²) in [4.78, 5) is 12.9. The highest BCUT2D eigenvalue weighted by molar-refractivity contribution is 7.92. The van der Waals surface area contributed by atoms with Crippen LogP contribution < -0.4 is 9.62 Å². The molecule has 8 heteroatoms. The van der Waals surface area contributed by atoms with Crippen molar-refractivity contribution in [1.29, 1.82) is 0 Å². The first kappa shape index (κ1) is 23.8. The Labute approximate surface area is 192 Å². The molecule has 0 saturated carbocycles. The summed E-state index contributed by atoms with van der Waals surface area (Å²) in [6.07, 6.45) is 0. The summed E-state index contributed by atoms with van der Waals surface area (Å²) in [5, 5.41) is 3.20. The topological polar surface area (TPSA) is 66.5 Å². The zero-order chi connectivity index (χ0) is 23.5. The molecule has 0 aliphatic heterocycles. The van der Waals surface area contributed by atoms with E-state index in [1.165, 1.54) is 36.4 Å². The van der Waals surface area contributed by atoms with Crippen molar-refractivity contribution in [2.45, 2.75) is 31.7 Å². The summed E-state index contributed by atoms with van der Waals surface area (Å²) in [6, 6.07) is 16.4. The van der Waals surface area contributed by atoms with E-state index in [0.717, 1.165) is 15.4 Å². The number of carbonyl (C=O) groups excluding carboxylic acids is 1. The Hall–Kier alpha value is -2.90. The van der Waals surface area contributed by atoms with Crippen molar-refractivity contribution in [3.63, 3.8) is 0 Å². The van der Waals surface area contributed by atoms with Gasteiger partial charge in [-0.25, -0.2) is 12.8 Å². The van der Waals surface area contributed by atoms with E-state index in [9.17, 15) is 17.6 Å². The summed E-state index contributed by atoms with van der Waals surface area (Å²) in [5.41, 5.74) is 3.00. The van der Waals surface area contributed by atoms with Crippen molar-refractivity contribution in [3.05, 3.63) is 94.3 Å². The van der Waals surface area contributed by atoms with Gasteiger partial charge in [0.25, 0.3) is 10.0 Å². The number of sulfonamides is 1. The minimum atomic E-state index is -4.04. The van der Waals surface area contributed by atoms with Crippen molar-refractivity contribution >= 4 is 33.2 Å². The Kier molecular flexibility index (Phi) is 7.21. The largest absolute Gasteiger partial charge is 0.348 e. The van der Waals surface area contributed by atoms with E-state index >= 15 is 0 Å². The van der Waals surface area contributed by atoms with E-state index in [1.54, 1.807) is 31.2 Å². The molecule has 32 heavy (non-hydrogen) atoms. The molecule has 0 spiro atoms. The van der Waals surface area contributed by atoms with E-state index in [4.69, 9.17) is 11.6 Å². The fourth-order valence-corrected chi connectivity index (χ4v) is 4.72. The fourth-order valence-electron chi connectivity index (χ4n) is 3.18. The number of hydrogen-bond donors (Lipinski definition) is 1. The second-order valence-electron chi connectivity index (χ2n) is 7.57. The Bertz CT molecular complexity index is 1210. The van der Waals surface area contributed by atoms with Crippen molar-refractivity contribution in [2.24, 2.45) is 0 Å². The van der Waals surface area contributed by atoms with E-state index in [1.807, 2.05) is 19.9 Å². The van der Waals surface area contributed by atoms with Crippen LogP contribution in [0, 0.1) is 19.7 Å². The molecule has 1 amide bonds. The first-order valence-corrected chi connectivity index (χ1v) is 11.8. The molecule has 0 fully saturated rings. The molecular formula is C24H24ClFN2O3S. The van der Waals surface area contributed by atoms with Gasteiger partial charge in [0.1, 0.15) is 12.4 Å². The molecule has 168 valence electrons. The van der Waals surface area contributed by atoms with E-state index < -0.39 is 28.5 Å². The molecule has 0 aromatic heterocycles. The van der Waals surface area contributed by atoms with Crippen LogP contribution in [0.3, 0.4) is 0 Å². The summed E-state index contributed by atoms with van der Waals surface area (Å²) in [6.45, 7) is 5.13. The van der Waals surface area contributed by atoms with Gasteiger partial charge >= 0.3 is 0 Å². The molecular weight excluding hydrogens is 451 g/mol. The lowest BCUT2D eigenvalue weighted by Crippen LogP contribution is -2.41. The second kappa shape index (κ2) is 9.71. The molecule has 0 bridgehead atoms. The SMILES string of the molecule is Cc1ccc(N(CC(=O)N[C@@H](C)c2ccc(F)cc2)S(=O)(=O)c2ccc(Cl)cc2)cc1C. The lowest BCUT2D eigenvalue weighted by Gasteiger charge is -2.26. The molecule has 1 N–H and O–H groups in total. The second-order valence-corrected chi connectivity index (χ2v) is 9.87. The number of benzene rings is 3. The smallest absolute Gasteiger partial charge is 0.264 e. The highest BCUT2D eigenvalue weighted by Crippen LogP contribution is 2.26. The predicted octanol–water partition coefficient (Wildman–Crippen LogP) is 5.17. The average Bonchev–Trinajstić information content (AvgIpc) is 2.74. The van der Waals surface area contributed by atoms with Crippen LogP contribution in [0.2, 0.25) is 5.02 Å². The van der Waals surface area contributed by atoms with Crippen molar-refractivity contribution in [2.75, 3.05) is 10.8 Å². The van der Waals surface area contributed by atoms with Crippen molar-refractivity contribution in [3.8, 4) is 0 Å². The number of halogens is 2. The number of hydrogen-bond acceptors (Lipinski definition) is 3. The molecule has 3 rings (SSSR count). The zero-order valence-electron chi connectivity index (χ0n) is 18.0. The van der Waals surface area contributed by atoms with E-state index in [0.29, 0.717) is 16.3 Å². The van der Waals surface area contributed by atoms with Crippen molar-refractivity contribution in [1.82, 2.24) is 5.32 Å². The highest BCUT2D eigenvalue weighted by atomic mass is 35.5. The third kappa shape index (κ3) is 5.47. The number of amides is 1. The predicted molar refractivity (Wildman–Crippen MR) is 125 cm³/mol. The van der Waals surface area contributed by atoms with E-state index in [-0.39, 0.29) is 10.7 Å². The van der Waals surface area contributed by atoms with Crippen LogP contribution in [0.5, 0.6) is 0 Å². The van der Waals surface area contributed by atoms with Crippen LogP contribution in [0.25, 0.3) is 0 Å². The number of aryl methyl sites for hydroxylation is 2. The standard InChI is InChI=1S/C24H24ClFN2O3S/c1-16-4-11-22(14-17(16)2)28(32(30,31)23-12-7-20(25)8-13-23)15-24(29)27-18(3)19-5-9-21(26)10-6-19/h4-14,18H,15H2,1-3H3,(H,27,29)/t18-/m0/s1. The van der Waals surface area contributed by atoms with Gasteiger partial charge in [-0.2, -0.15) is 0 Å². The fraction of sp³-hybridized carbons (Fsp3) is 0.208. The first-order valence-electron chi connectivity index (χ1n) is 9.98. The number of carbonyl (C=O) groups is 1. The molecule has 0 heterocycles. The number of nitrogens with zero attached hydrogens (tertiary/aromatic N) is 1. The summed E-state index contributed by atoms with van der Waals surface area (Å²) in [5.74, 6) is -0.861. The Morgan fingerprint density at radius 1 is 1.00 bits per heavy atom. The van der Waals surface area contributed by atoms with E-state index in [2.05, 4.69) is 5.32 Å². The molecule has 1 atom stereocenters. The molecule has 5 nitrogen and oxygen atoms in total.